The molecular weight excluding hydrogens is 454 g/mol. The topological polar surface area (TPSA) is 105 Å². The molecule has 8 heteroatoms. The summed E-state index contributed by atoms with van der Waals surface area (Å²) in [5, 5.41) is 20.4. The van der Waals surface area contributed by atoms with Gasteiger partial charge in [0.25, 0.3) is 0 Å². The van der Waals surface area contributed by atoms with Crippen molar-refractivity contribution in [3.63, 3.8) is 0 Å². The highest BCUT2D eigenvalue weighted by Crippen LogP contribution is 2.32. The van der Waals surface area contributed by atoms with E-state index in [0.717, 1.165) is 10.5 Å². The Labute approximate surface area is 183 Å². The van der Waals surface area contributed by atoms with Crippen molar-refractivity contribution in [3.8, 4) is 5.75 Å². The fraction of sp³-hybridized carbons (Fsp3) is 0.273. The Kier molecular flexibility index (Phi) is 9.90. The number of carbonyl (C=O) groups is 2. The minimum absolute atomic E-state index is 0.121. The standard InChI is InChI=1S/C22H24BrNO6/c23-16-10-12-17(13-11-16)24-22(28)30-20(8-2-1-3-9-21(26)27)18-6-4-5-7-19(18)29-15-14-25/h3-7,9-13,20,25H,1-2,8,14-15H2,(H,24,28)(H,26,27)/b9-3+/t20-/m0/s1. The number of anilines is 1. The molecule has 0 bridgehead atoms. The summed E-state index contributed by atoms with van der Waals surface area (Å²) >= 11 is 3.34. The van der Waals surface area contributed by atoms with Crippen molar-refractivity contribution < 1.29 is 29.3 Å². The van der Waals surface area contributed by atoms with E-state index in [9.17, 15) is 9.59 Å². The molecule has 0 aromatic heterocycles. The molecule has 0 aliphatic rings. The number of carboxylic acids is 1. The number of aliphatic hydroxyl groups is 1. The Morgan fingerprint density at radius 3 is 2.57 bits per heavy atom. The average Bonchev–Trinajstić information content (AvgIpc) is 2.73. The van der Waals surface area contributed by atoms with Crippen LogP contribution in [0.2, 0.25) is 0 Å². The summed E-state index contributed by atoms with van der Waals surface area (Å²) < 4.78 is 12.1. The lowest BCUT2D eigenvalue weighted by Gasteiger charge is -2.21. The lowest BCUT2D eigenvalue weighted by atomic mass is 10.0. The predicted octanol–water partition coefficient (Wildman–Crippen LogP) is 4.92. The summed E-state index contributed by atoms with van der Waals surface area (Å²) in [4.78, 5) is 23.1. The number of benzene rings is 2. The number of carbonyl (C=O) groups excluding carboxylic acids is 1. The quantitative estimate of drug-likeness (QED) is 0.313. The molecule has 0 fully saturated rings. The van der Waals surface area contributed by atoms with Crippen molar-refractivity contribution in [1.82, 2.24) is 0 Å². The van der Waals surface area contributed by atoms with E-state index in [1.807, 2.05) is 6.07 Å². The van der Waals surface area contributed by atoms with E-state index in [1.54, 1.807) is 48.5 Å². The summed E-state index contributed by atoms with van der Waals surface area (Å²) in [6.45, 7) is -0.0138. The van der Waals surface area contributed by atoms with Gasteiger partial charge in [0.15, 0.2) is 0 Å². The summed E-state index contributed by atoms with van der Waals surface area (Å²) in [7, 11) is 0. The molecule has 0 saturated heterocycles. The van der Waals surface area contributed by atoms with Crippen LogP contribution in [0.25, 0.3) is 0 Å². The lowest BCUT2D eigenvalue weighted by Crippen LogP contribution is -2.18. The van der Waals surface area contributed by atoms with Crippen molar-refractivity contribution in [2.24, 2.45) is 0 Å². The summed E-state index contributed by atoms with van der Waals surface area (Å²) in [6, 6.07) is 14.3. The molecule has 2 aromatic carbocycles. The van der Waals surface area contributed by atoms with E-state index in [0.29, 0.717) is 36.3 Å². The largest absolute Gasteiger partial charge is 0.491 e. The summed E-state index contributed by atoms with van der Waals surface area (Å²) in [5.41, 5.74) is 1.27. The maximum Gasteiger partial charge on any atom is 0.412 e. The Morgan fingerprint density at radius 2 is 1.87 bits per heavy atom. The number of halogens is 1. The number of ether oxygens (including phenoxy) is 2. The van der Waals surface area contributed by atoms with Gasteiger partial charge in [-0.3, -0.25) is 5.32 Å². The number of allylic oxidation sites excluding steroid dienone is 1. The highest BCUT2D eigenvalue weighted by molar-refractivity contribution is 9.10. The molecule has 3 N–H and O–H groups in total. The molecule has 0 saturated carbocycles. The van der Waals surface area contributed by atoms with Crippen molar-refractivity contribution >= 4 is 33.7 Å². The van der Waals surface area contributed by atoms with E-state index < -0.39 is 18.2 Å². The van der Waals surface area contributed by atoms with E-state index in [4.69, 9.17) is 19.7 Å². The normalized spacial score (nSPS) is 11.8. The number of hydrogen-bond donors (Lipinski definition) is 3. The van der Waals surface area contributed by atoms with Crippen LogP contribution in [0.1, 0.15) is 30.9 Å². The number of nitrogens with one attached hydrogen (secondary N) is 1. The lowest BCUT2D eigenvalue weighted by molar-refractivity contribution is -0.131. The monoisotopic (exact) mass is 477 g/mol. The Morgan fingerprint density at radius 1 is 1.13 bits per heavy atom. The molecule has 0 aliphatic carbocycles. The predicted molar refractivity (Wildman–Crippen MR) is 117 cm³/mol. The number of hydrogen-bond acceptors (Lipinski definition) is 5. The molecule has 0 unspecified atom stereocenters. The average molecular weight is 478 g/mol. The third-order valence-corrected chi connectivity index (χ3v) is 4.58. The molecule has 0 heterocycles. The number of aliphatic hydroxyl groups excluding tert-OH is 1. The van der Waals surface area contributed by atoms with Crippen LogP contribution in [0.4, 0.5) is 10.5 Å². The third kappa shape index (κ3) is 8.26. The van der Waals surface area contributed by atoms with E-state index >= 15 is 0 Å². The van der Waals surface area contributed by atoms with E-state index in [-0.39, 0.29) is 13.2 Å². The molecular formula is C22H24BrNO6. The zero-order chi connectivity index (χ0) is 21.8. The van der Waals surface area contributed by atoms with Gasteiger partial charge in [-0.15, -0.1) is 0 Å². The van der Waals surface area contributed by atoms with Gasteiger partial charge < -0.3 is 19.7 Å². The third-order valence-electron chi connectivity index (χ3n) is 4.05. The first-order valence-corrected chi connectivity index (χ1v) is 10.2. The van der Waals surface area contributed by atoms with Crippen LogP contribution >= 0.6 is 15.9 Å². The second kappa shape index (κ2) is 12.7. The minimum Gasteiger partial charge on any atom is -0.491 e. The van der Waals surface area contributed by atoms with Gasteiger partial charge in [-0.05, 0) is 49.6 Å². The van der Waals surface area contributed by atoms with Gasteiger partial charge in [0, 0.05) is 21.8 Å². The molecule has 2 rings (SSSR count). The number of aliphatic carboxylic acids is 1. The summed E-state index contributed by atoms with van der Waals surface area (Å²) in [5.74, 6) is -0.478. The minimum atomic E-state index is -1.00. The van der Waals surface area contributed by atoms with Gasteiger partial charge in [-0.25, -0.2) is 9.59 Å². The number of amides is 1. The molecule has 160 valence electrons. The van der Waals surface area contributed by atoms with Crippen LogP contribution < -0.4 is 10.1 Å². The molecule has 1 amide bonds. The zero-order valence-corrected chi connectivity index (χ0v) is 17.9. The Bertz CT molecular complexity index is 853. The molecule has 0 spiro atoms. The van der Waals surface area contributed by atoms with Crippen LogP contribution in [0.3, 0.4) is 0 Å². The highest BCUT2D eigenvalue weighted by atomic mass is 79.9. The SMILES string of the molecule is O=C(O)/C=C/CCC[C@H](OC(=O)Nc1ccc(Br)cc1)c1ccccc1OCCO. The fourth-order valence-corrected chi connectivity index (χ4v) is 2.99. The van der Waals surface area contributed by atoms with Crippen molar-refractivity contribution in [2.75, 3.05) is 18.5 Å². The van der Waals surface area contributed by atoms with Crippen molar-refractivity contribution in [2.45, 2.75) is 25.4 Å². The Balaban J connectivity index is 2.11. The number of carboxylic acid groups (broad SMARTS) is 1. The smallest absolute Gasteiger partial charge is 0.412 e. The molecule has 2 aromatic rings. The van der Waals surface area contributed by atoms with Gasteiger partial charge >= 0.3 is 12.1 Å². The van der Waals surface area contributed by atoms with Gasteiger partial charge in [0.05, 0.1) is 6.61 Å². The second-order valence-electron chi connectivity index (χ2n) is 6.31. The van der Waals surface area contributed by atoms with Crippen LogP contribution in [-0.2, 0) is 9.53 Å². The van der Waals surface area contributed by atoms with Crippen molar-refractivity contribution in [3.05, 3.63) is 70.7 Å². The second-order valence-corrected chi connectivity index (χ2v) is 7.22. The van der Waals surface area contributed by atoms with Crippen LogP contribution in [0.5, 0.6) is 5.75 Å². The van der Waals surface area contributed by atoms with Gasteiger partial charge in [0.1, 0.15) is 18.5 Å². The maximum absolute atomic E-state index is 12.5. The zero-order valence-electron chi connectivity index (χ0n) is 16.3. The number of para-hydroxylation sites is 1. The van der Waals surface area contributed by atoms with Gasteiger partial charge in [-0.1, -0.05) is 40.2 Å². The molecule has 0 radical (unpaired) electrons. The molecule has 0 aliphatic heterocycles. The van der Waals surface area contributed by atoms with Crippen LogP contribution in [-0.4, -0.2) is 35.5 Å². The maximum atomic E-state index is 12.5. The van der Waals surface area contributed by atoms with Crippen LogP contribution in [0, 0.1) is 0 Å². The first-order chi connectivity index (χ1) is 14.5. The summed E-state index contributed by atoms with van der Waals surface area (Å²) in [6.07, 6.45) is 3.05. The fourth-order valence-electron chi connectivity index (χ4n) is 2.73. The first-order valence-electron chi connectivity index (χ1n) is 9.45. The molecule has 7 nitrogen and oxygen atoms in total. The molecule has 1 atom stereocenters. The Hall–Kier alpha value is -2.84. The highest BCUT2D eigenvalue weighted by Gasteiger charge is 2.20. The molecule has 30 heavy (non-hydrogen) atoms. The number of unbranched alkanes of at least 4 members (excludes halogenated alkanes) is 1. The van der Waals surface area contributed by atoms with Gasteiger partial charge in [-0.2, -0.15) is 0 Å². The number of rotatable bonds is 11. The van der Waals surface area contributed by atoms with Crippen molar-refractivity contribution in [1.29, 1.82) is 0 Å². The first kappa shape index (κ1) is 23.4. The van der Waals surface area contributed by atoms with E-state index in [2.05, 4.69) is 21.2 Å². The van der Waals surface area contributed by atoms with Crippen LogP contribution in [0.15, 0.2) is 65.2 Å². The van der Waals surface area contributed by atoms with Gasteiger partial charge in [0.2, 0.25) is 0 Å². The van der Waals surface area contributed by atoms with E-state index in [1.165, 1.54) is 0 Å².